The first kappa shape index (κ1) is 22.5. The number of nitrogens with one attached hydrogen (secondary N) is 2. The minimum absolute atomic E-state index is 0.00995. The van der Waals surface area contributed by atoms with E-state index >= 15 is 0 Å². The zero-order chi connectivity index (χ0) is 24.9. The second-order valence-electron chi connectivity index (χ2n) is 10.1. The summed E-state index contributed by atoms with van der Waals surface area (Å²) in [5, 5.41) is 18.6. The van der Waals surface area contributed by atoms with Gasteiger partial charge in [0, 0.05) is 29.3 Å². The van der Waals surface area contributed by atoms with E-state index in [4.69, 9.17) is 15.6 Å². The molecule has 186 valence electrons. The summed E-state index contributed by atoms with van der Waals surface area (Å²) in [6.45, 7) is 0. The predicted molar refractivity (Wildman–Crippen MR) is 134 cm³/mol. The summed E-state index contributed by atoms with van der Waals surface area (Å²) in [5.41, 5.74) is 8.75. The predicted octanol–water partition coefficient (Wildman–Crippen LogP) is 4.04. The molecule has 3 aromatic rings. The van der Waals surface area contributed by atoms with Crippen molar-refractivity contribution >= 4 is 29.0 Å². The molecule has 3 aliphatic rings. The normalized spacial score (nSPS) is 19.8. The zero-order valence-corrected chi connectivity index (χ0v) is 20.2. The van der Waals surface area contributed by atoms with Gasteiger partial charge < -0.3 is 21.1 Å². The molecule has 36 heavy (non-hydrogen) atoms. The Morgan fingerprint density at radius 2 is 1.97 bits per heavy atom. The van der Waals surface area contributed by atoms with Crippen LogP contribution < -0.4 is 21.1 Å². The van der Waals surface area contributed by atoms with E-state index in [1.807, 2.05) is 24.4 Å². The Bertz CT molecular complexity index is 1340. The lowest BCUT2D eigenvalue weighted by Crippen LogP contribution is -2.19. The van der Waals surface area contributed by atoms with Gasteiger partial charge in [0.15, 0.2) is 11.5 Å². The molecule has 0 bridgehead atoms. The maximum Gasteiger partial charge on any atom is 0.271 e. The van der Waals surface area contributed by atoms with E-state index in [0.717, 1.165) is 24.0 Å². The van der Waals surface area contributed by atoms with E-state index in [2.05, 4.69) is 31.7 Å². The van der Waals surface area contributed by atoms with Crippen LogP contribution in [0.3, 0.4) is 0 Å². The summed E-state index contributed by atoms with van der Waals surface area (Å²) < 4.78 is 7.93. The average molecular weight is 488 g/mol. The summed E-state index contributed by atoms with van der Waals surface area (Å²) in [6.07, 6.45) is 12.0. The number of benzene rings is 1. The molecule has 3 fully saturated rings. The molecule has 3 aliphatic carbocycles. The molecule has 1 aromatic carbocycles. The highest BCUT2D eigenvalue weighted by Crippen LogP contribution is 2.63. The van der Waals surface area contributed by atoms with E-state index < -0.39 is 5.91 Å². The van der Waals surface area contributed by atoms with Gasteiger partial charge in [-0.1, -0.05) is 18.6 Å². The molecule has 2 aromatic heterocycles. The van der Waals surface area contributed by atoms with Crippen molar-refractivity contribution in [2.45, 2.75) is 51.0 Å². The van der Waals surface area contributed by atoms with Crippen LogP contribution in [0.1, 0.15) is 61.5 Å². The number of anilines is 3. The lowest BCUT2D eigenvalue weighted by Gasteiger charge is -2.19. The summed E-state index contributed by atoms with van der Waals surface area (Å²) in [6, 6.07) is 7.75. The standard InChI is InChI=1S/C26H29N7O3/c1-36-23-17(16-13-28-33(14-16)20-6-3-9-26(20)10-11-26)4-2-5-18(23)29-19-12-21(30-25(35)15-7-8-15)31-32-22(19)24(27)34/h2,4-5,12-15,20H,3,6-11H2,1H3,(H2,27,34)(H2,29,30,31,35)/t20-/m0/s1. The summed E-state index contributed by atoms with van der Waals surface area (Å²) in [4.78, 5) is 24.2. The Morgan fingerprint density at radius 1 is 1.14 bits per heavy atom. The molecular formula is C26H29N7O3. The van der Waals surface area contributed by atoms with Crippen LogP contribution in [0.5, 0.6) is 5.75 Å². The second kappa shape index (κ2) is 8.61. The minimum Gasteiger partial charge on any atom is -0.494 e. The summed E-state index contributed by atoms with van der Waals surface area (Å²) in [5.74, 6) is 0.0264. The molecule has 0 radical (unpaired) electrons. The molecule has 1 atom stereocenters. The highest BCUT2D eigenvalue weighted by atomic mass is 16.5. The third-order valence-electron chi connectivity index (χ3n) is 7.70. The highest BCUT2D eigenvalue weighted by Gasteiger charge is 2.53. The Kier molecular flexibility index (Phi) is 5.39. The maximum atomic E-state index is 12.2. The van der Waals surface area contributed by atoms with Crippen LogP contribution in [-0.2, 0) is 4.79 Å². The molecule has 0 saturated heterocycles. The number of aromatic nitrogens is 4. The van der Waals surface area contributed by atoms with Gasteiger partial charge in [-0.3, -0.25) is 14.3 Å². The lowest BCUT2D eigenvalue weighted by atomic mass is 10.0. The monoisotopic (exact) mass is 487 g/mol. The van der Waals surface area contributed by atoms with Gasteiger partial charge in [-0.05, 0) is 50.0 Å². The van der Waals surface area contributed by atoms with Crippen molar-refractivity contribution in [1.82, 2.24) is 20.0 Å². The van der Waals surface area contributed by atoms with E-state index in [-0.39, 0.29) is 23.3 Å². The van der Waals surface area contributed by atoms with E-state index in [0.29, 0.717) is 28.6 Å². The van der Waals surface area contributed by atoms with Gasteiger partial charge in [0.25, 0.3) is 5.91 Å². The fourth-order valence-corrected chi connectivity index (χ4v) is 5.46. The molecular weight excluding hydrogens is 458 g/mol. The van der Waals surface area contributed by atoms with Crippen molar-refractivity contribution in [3.63, 3.8) is 0 Å². The first-order valence-electron chi connectivity index (χ1n) is 12.4. The van der Waals surface area contributed by atoms with E-state index in [1.165, 1.54) is 32.1 Å². The number of carbonyl (C=O) groups excluding carboxylic acids is 2. The SMILES string of the molecule is COc1c(Nc2cc(NC(=O)C3CC3)nnc2C(N)=O)cccc1-c1cnn([C@H]2CCCC23CC3)c1. The number of para-hydroxylation sites is 1. The van der Waals surface area contributed by atoms with Crippen molar-refractivity contribution in [2.24, 2.45) is 17.1 Å². The van der Waals surface area contributed by atoms with Crippen LogP contribution >= 0.6 is 0 Å². The molecule has 2 heterocycles. The number of primary amides is 1. The molecule has 0 aliphatic heterocycles. The average Bonchev–Trinajstić information content (AvgIpc) is 3.76. The number of ether oxygens (including phenoxy) is 1. The molecule has 3 saturated carbocycles. The number of methoxy groups -OCH3 is 1. The largest absolute Gasteiger partial charge is 0.494 e. The molecule has 0 unspecified atom stereocenters. The van der Waals surface area contributed by atoms with Gasteiger partial charge in [0.1, 0.15) is 5.75 Å². The number of amides is 2. The third-order valence-corrected chi connectivity index (χ3v) is 7.70. The Labute approximate surface area is 208 Å². The van der Waals surface area contributed by atoms with Crippen LogP contribution in [0.25, 0.3) is 11.1 Å². The van der Waals surface area contributed by atoms with Crippen molar-refractivity contribution in [2.75, 3.05) is 17.7 Å². The first-order chi connectivity index (χ1) is 17.5. The second-order valence-corrected chi connectivity index (χ2v) is 10.1. The fraction of sp³-hybridized carbons (Fsp3) is 0.423. The number of nitrogens with zero attached hydrogens (tertiary/aromatic N) is 4. The summed E-state index contributed by atoms with van der Waals surface area (Å²) >= 11 is 0. The quantitative estimate of drug-likeness (QED) is 0.436. The van der Waals surface area contributed by atoms with Crippen LogP contribution in [0.2, 0.25) is 0 Å². The molecule has 4 N–H and O–H groups in total. The minimum atomic E-state index is -0.730. The number of nitrogens with two attached hydrogens (primary N) is 1. The van der Waals surface area contributed by atoms with Crippen LogP contribution in [0.15, 0.2) is 36.7 Å². The lowest BCUT2D eigenvalue weighted by molar-refractivity contribution is -0.117. The van der Waals surface area contributed by atoms with Crippen molar-refractivity contribution in [3.8, 4) is 16.9 Å². The highest BCUT2D eigenvalue weighted by molar-refractivity contribution is 5.99. The first-order valence-corrected chi connectivity index (χ1v) is 12.4. The fourth-order valence-electron chi connectivity index (χ4n) is 5.46. The molecule has 6 rings (SSSR count). The van der Waals surface area contributed by atoms with Crippen molar-refractivity contribution in [3.05, 3.63) is 42.4 Å². The summed E-state index contributed by atoms with van der Waals surface area (Å²) in [7, 11) is 1.60. The van der Waals surface area contributed by atoms with E-state index in [9.17, 15) is 9.59 Å². The van der Waals surface area contributed by atoms with Gasteiger partial charge in [0.2, 0.25) is 5.91 Å². The molecule has 2 amide bonds. The van der Waals surface area contributed by atoms with Crippen LogP contribution in [0, 0.1) is 11.3 Å². The van der Waals surface area contributed by atoms with Gasteiger partial charge >= 0.3 is 0 Å². The number of rotatable bonds is 8. The Morgan fingerprint density at radius 3 is 2.69 bits per heavy atom. The van der Waals surface area contributed by atoms with Gasteiger partial charge in [-0.25, -0.2) is 0 Å². The van der Waals surface area contributed by atoms with Crippen LogP contribution in [-0.4, -0.2) is 38.9 Å². The van der Waals surface area contributed by atoms with Crippen LogP contribution in [0.4, 0.5) is 17.2 Å². The maximum absolute atomic E-state index is 12.2. The smallest absolute Gasteiger partial charge is 0.271 e. The van der Waals surface area contributed by atoms with Crippen molar-refractivity contribution in [1.29, 1.82) is 0 Å². The molecule has 1 spiro atoms. The zero-order valence-electron chi connectivity index (χ0n) is 20.2. The van der Waals surface area contributed by atoms with Gasteiger partial charge in [-0.2, -0.15) is 5.10 Å². The molecule has 10 heteroatoms. The van der Waals surface area contributed by atoms with Gasteiger partial charge in [-0.15, -0.1) is 10.2 Å². The molecule has 10 nitrogen and oxygen atoms in total. The number of carbonyl (C=O) groups is 2. The van der Waals surface area contributed by atoms with Gasteiger partial charge in [0.05, 0.1) is 30.7 Å². The number of hydrogen-bond acceptors (Lipinski definition) is 7. The Balaban J connectivity index is 1.31. The topological polar surface area (TPSA) is 137 Å². The Hall–Kier alpha value is -3.95. The third kappa shape index (κ3) is 4.06. The van der Waals surface area contributed by atoms with Crippen molar-refractivity contribution < 1.29 is 14.3 Å². The number of hydrogen-bond donors (Lipinski definition) is 3. The van der Waals surface area contributed by atoms with E-state index in [1.54, 1.807) is 13.2 Å².